The van der Waals surface area contributed by atoms with E-state index in [1.807, 2.05) is 41.3 Å². The third-order valence-electron chi connectivity index (χ3n) is 4.50. The molecule has 1 aliphatic rings. The van der Waals surface area contributed by atoms with Crippen molar-refractivity contribution in [2.24, 2.45) is 0 Å². The van der Waals surface area contributed by atoms with Crippen LogP contribution in [0.25, 0.3) is 10.3 Å². The third kappa shape index (κ3) is 4.21. The number of nitrogens with zero attached hydrogens (tertiary/aromatic N) is 4. The predicted octanol–water partition coefficient (Wildman–Crippen LogP) is 3.21. The van der Waals surface area contributed by atoms with Crippen molar-refractivity contribution in [3.8, 4) is 0 Å². The number of amides is 1. The van der Waals surface area contributed by atoms with E-state index < -0.39 is 0 Å². The molecule has 1 saturated heterocycles. The number of anilines is 1. The highest BCUT2D eigenvalue weighted by molar-refractivity contribution is 7.21. The molecule has 0 atom stereocenters. The summed E-state index contributed by atoms with van der Waals surface area (Å²) in [4.78, 5) is 26.4. The number of aromatic nitrogens is 2. The highest BCUT2D eigenvalue weighted by atomic mass is 35.5. The van der Waals surface area contributed by atoms with Crippen LogP contribution in [-0.4, -0.2) is 53.6 Å². The summed E-state index contributed by atoms with van der Waals surface area (Å²) in [5.74, 6) is 0.00710. The SMILES string of the molecule is O=C(COCc1ccccc1Cl)N1CCN(c2nc3cccnc3s2)CC1. The number of carbonyl (C=O) groups is 1. The molecule has 2 aromatic heterocycles. The fourth-order valence-electron chi connectivity index (χ4n) is 3.00. The van der Waals surface area contributed by atoms with Crippen molar-refractivity contribution >= 4 is 44.3 Å². The van der Waals surface area contributed by atoms with Crippen LogP contribution in [0.15, 0.2) is 42.6 Å². The maximum Gasteiger partial charge on any atom is 0.248 e. The van der Waals surface area contributed by atoms with Crippen molar-refractivity contribution in [2.75, 3.05) is 37.7 Å². The van der Waals surface area contributed by atoms with E-state index in [1.165, 1.54) is 0 Å². The summed E-state index contributed by atoms with van der Waals surface area (Å²) in [6.07, 6.45) is 1.78. The lowest BCUT2D eigenvalue weighted by molar-refractivity contribution is -0.136. The number of pyridine rings is 1. The normalized spacial score (nSPS) is 14.7. The number of piperazine rings is 1. The highest BCUT2D eigenvalue weighted by Crippen LogP contribution is 2.27. The van der Waals surface area contributed by atoms with Gasteiger partial charge >= 0.3 is 0 Å². The van der Waals surface area contributed by atoms with Gasteiger partial charge in [0.2, 0.25) is 5.91 Å². The van der Waals surface area contributed by atoms with E-state index in [1.54, 1.807) is 17.5 Å². The van der Waals surface area contributed by atoms with Crippen molar-refractivity contribution in [1.29, 1.82) is 0 Å². The van der Waals surface area contributed by atoms with E-state index in [9.17, 15) is 4.79 Å². The molecule has 6 nitrogen and oxygen atoms in total. The average molecular weight is 403 g/mol. The lowest BCUT2D eigenvalue weighted by atomic mass is 10.2. The molecule has 1 aromatic carbocycles. The summed E-state index contributed by atoms with van der Waals surface area (Å²) < 4.78 is 5.56. The quantitative estimate of drug-likeness (QED) is 0.655. The molecule has 4 rings (SSSR count). The van der Waals surface area contributed by atoms with Crippen LogP contribution >= 0.6 is 22.9 Å². The van der Waals surface area contributed by atoms with Gasteiger partial charge in [-0.1, -0.05) is 41.1 Å². The number of hydrogen-bond acceptors (Lipinski definition) is 6. The number of carbonyl (C=O) groups excluding carboxylic acids is 1. The summed E-state index contributed by atoms with van der Waals surface area (Å²) in [6, 6.07) is 11.4. The lowest BCUT2D eigenvalue weighted by Crippen LogP contribution is -2.49. The number of benzene rings is 1. The van der Waals surface area contributed by atoms with E-state index in [0.717, 1.165) is 34.1 Å². The summed E-state index contributed by atoms with van der Waals surface area (Å²) in [6.45, 7) is 3.25. The zero-order valence-corrected chi connectivity index (χ0v) is 16.2. The molecule has 1 fully saturated rings. The first kappa shape index (κ1) is 18.2. The lowest BCUT2D eigenvalue weighted by Gasteiger charge is -2.34. The second-order valence-electron chi connectivity index (χ2n) is 6.28. The number of halogens is 1. The molecule has 1 amide bonds. The summed E-state index contributed by atoms with van der Waals surface area (Å²) in [7, 11) is 0. The average Bonchev–Trinajstić information content (AvgIpc) is 3.14. The predicted molar refractivity (Wildman–Crippen MR) is 107 cm³/mol. The topological polar surface area (TPSA) is 58.6 Å². The largest absolute Gasteiger partial charge is 0.367 e. The summed E-state index contributed by atoms with van der Waals surface area (Å²) in [5.41, 5.74) is 1.81. The number of thiazole rings is 1. The van der Waals surface area contributed by atoms with Crippen molar-refractivity contribution < 1.29 is 9.53 Å². The van der Waals surface area contributed by atoms with Gasteiger partial charge < -0.3 is 14.5 Å². The second kappa shape index (κ2) is 8.21. The van der Waals surface area contributed by atoms with Crippen molar-refractivity contribution in [3.05, 3.63) is 53.2 Å². The van der Waals surface area contributed by atoms with Gasteiger partial charge in [0.1, 0.15) is 17.0 Å². The van der Waals surface area contributed by atoms with E-state index in [-0.39, 0.29) is 12.5 Å². The Morgan fingerprint density at radius 2 is 1.96 bits per heavy atom. The van der Waals surface area contributed by atoms with Gasteiger partial charge in [-0.25, -0.2) is 9.97 Å². The van der Waals surface area contributed by atoms with Crippen LogP contribution in [0.1, 0.15) is 5.56 Å². The molecule has 1 aliphatic heterocycles. The summed E-state index contributed by atoms with van der Waals surface area (Å²) >= 11 is 7.69. The van der Waals surface area contributed by atoms with Crippen molar-refractivity contribution in [2.45, 2.75) is 6.61 Å². The Hall–Kier alpha value is -2.22. The molecular formula is C19H19ClN4O2S. The van der Waals surface area contributed by atoms with Gasteiger partial charge in [0.25, 0.3) is 0 Å². The van der Waals surface area contributed by atoms with E-state index in [2.05, 4.69) is 14.9 Å². The Morgan fingerprint density at radius 1 is 1.15 bits per heavy atom. The first-order valence-electron chi connectivity index (χ1n) is 8.76. The molecule has 0 aliphatic carbocycles. The Labute approximate surface area is 166 Å². The van der Waals surface area contributed by atoms with Gasteiger partial charge in [-0.15, -0.1) is 0 Å². The number of fused-ring (bicyclic) bond motifs is 1. The van der Waals surface area contributed by atoms with Gasteiger partial charge in [-0.2, -0.15) is 0 Å². The standard InChI is InChI=1S/C19H19ClN4O2S/c20-15-5-2-1-4-14(15)12-26-13-17(25)23-8-10-24(11-9-23)19-22-16-6-3-7-21-18(16)27-19/h1-7H,8-13H2. The number of hydrogen-bond donors (Lipinski definition) is 0. The fraction of sp³-hybridized carbons (Fsp3) is 0.316. The van der Waals surface area contributed by atoms with Crippen LogP contribution in [-0.2, 0) is 16.1 Å². The molecule has 0 spiro atoms. The molecule has 140 valence electrons. The monoisotopic (exact) mass is 402 g/mol. The Kier molecular flexibility index (Phi) is 5.52. The Bertz CT molecular complexity index is 907. The number of ether oxygens (including phenoxy) is 1. The number of rotatable bonds is 5. The Balaban J connectivity index is 1.27. The molecule has 0 unspecified atom stereocenters. The zero-order chi connectivity index (χ0) is 18.6. The van der Waals surface area contributed by atoms with Gasteiger partial charge in [-0.3, -0.25) is 4.79 Å². The smallest absolute Gasteiger partial charge is 0.248 e. The van der Waals surface area contributed by atoms with E-state index in [4.69, 9.17) is 16.3 Å². The molecule has 0 radical (unpaired) electrons. The molecule has 27 heavy (non-hydrogen) atoms. The van der Waals surface area contributed by atoms with Crippen LogP contribution in [0, 0.1) is 0 Å². The zero-order valence-electron chi connectivity index (χ0n) is 14.7. The summed E-state index contributed by atoms with van der Waals surface area (Å²) in [5, 5.41) is 1.62. The van der Waals surface area contributed by atoms with Crippen LogP contribution < -0.4 is 4.90 Å². The highest BCUT2D eigenvalue weighted by Gasteiger charge is 2.23. The second-order valence-corrected chi connectivity index (χ2v) is 7.64. The minimum absolute atomic E-state index is 0.00710. The van der Waals surface area contributed by atoms with Gasteiger partial charge in [0, 0.05) is 37.4 Å². The van der Waals surface area contributed by atoms with Crippen LogP contribution in [0.3, 0.4) is 0 Å². The van der Waals surface area contributed by atoms with Crippen LogP contribution in [0.2, 0.25) is 5.02 Å². The minimum atomic E-state index is 0.00710. The van der Waals surface area contributed by atoms with E-state index in [0.29, 0.717) is 24.7 Å². The maximum atomic E-state index is 12.4. The third-order valence-corrected chi connectivity index (χ3v) is 5.91. The van der Waals surface area contributed by atoms with Gasteiger partial charge in [-0.05, 0) is 23.8 Å². The van der Waals surface area contributed by atoms with E-state index >= 15 is 0 Å². The maximum absolute atomic E-state index is 12.4. The van der Waals surface area contributed by atoms with Crippen LogP contribution in [0.4, 0.5) is 5.13 Å². The minimum Gasteiger partial charge on any atom is -0.367 e. The molecular weight excluding hydrogens is 384 g/mol. The molecule has 0 N–H and O–H groups in total. The first-order valence-corrected chi connectivity index (χ1v) is 9.95. The molecule has 3 aromatic rings. The van der Waals surface area contributed by atoms with Crippen molar-refractivity contribution in [3.63, 3.8) is 0 Å². The molecule has 8 heteroatoms. The molecule has 0 saturated carbocycles. The fourth-order valence-corrected chi connectivity index (χ4v) is 4.15. The van der Waals surface area contributed by atoms with Gasteiger partial charge in [0.05, 0.1) is 6.61 Å². The Morgan fingerprint density at radius 3 is 2.74 bits per heavy atom. The molecule has 0 bridgehead atoms. The molecule has 3 heterocycles. The van der Waals surface area contributed by atoms with Crippen molar-refractivity contribution in [1.82, 2.24) is 14.9 Å². The van der Waals surface area contributed by atoms with Gasteiger partial charge in [0.15, 0.2) is 5.13 Å². The first-order chi connectivity index (χ1) is 13.2. The van der Waals surface area contributed by atoms with Crippen LogP contribution in [0.5, 0.6) is 0 Å².